The lowest BCUT2D eigenvalue weighted by atomic mass is 10.2. The Kier molecular flexibility index (Phi) is 3.79. The summed E-state index contributed by atoms with van der Waals surface area (Å²) in [6, 6.07) is 7.56. The molecule has 0 atom stereocenters. The molecule has 6 heteroatoms. The Bertz CT molecular complexity index is 770. The summed E-state index contributed by atoms with van der Waals surface area (Å²) in [5.41, 5.74) is 7.66. The van der Waals surface area contributed by atoms with Crippen LogP contribution in [0, 0.1) is 0 Å². The first kappa shape index (κ1) is 13.5. The van der Waals surface area contributed by atoms with Gasteiger partial charge in [0.05, 0.1) is 5.69 Å². The number of pyridine rings is 2. The largest absolute Gasteiger partial charge is 0.397 e. The number of hydrogen-bond donors (Lipinski definition) is 2. The molecule has 0 unspecified atom stereocenters. The van der Waals surface area contributed by atoms with Gasteiger partial charge < -0.3 is 11.1 Å². The zero-order chi connectivity index (χ0) is 14.7. The molecule has 1 amide bonds. The fraction of sp³-hybridized carbons (Fsp3) is 0.133. The van der Waals surface area contributed by atoms with E-state index in [1.165, 1.54) is 11.3 Å². The molecule has 3 rings (SSSR count). The first-order chi connectivity index (χ1) is 10.3. The SMILES string of the molecule is Nc1c(C(=O)NCCc2ccncc2)sc2ncccc12. The number of thiophene rings is 1. The van der Waals surface area contributed by atoms with Gasteiger partial charge in [-0.25, -0.2) is 4.98 Å². The van der Waals surface area contributed by atoms with Crippen molar-refractivity contribution in [1.82, 2.24) is 15.3 Å². The fourth-order valence-electron chi connectivity index (χ4n) is 2.07. The van der Waals surface area contributed by atoms with E-state index in [0.29, 0.717) is 17.1 Å². The van der Waals surface area contributed by atoms with E-state index in [9.17, 15) is 4.79 Å². The van der Waals surface area contributed by atoms with Crippen molar-refractivity contribution < 1.29 is 4.79 Å². The Labute approximate surface area is 125 Å². The molecule has 21 heavy (non-hydrogen) atoms. The highest BCUT2D eigenvalue weighted by Gasteiger charge is 2.16. The molecular weight excluding hydrogens is 284 g/mol. The molecule has 0 radical (unpaired) electrons. The molecule has 0 aromatic carbocycles. The van der Waals surface area contributed by atoms with Crippen molar-refractivity contribution in [3.05, 3.63) is 53.3 Å². The monoisotopic (exact) mass is 298 g/mol. The molecule has 0 bridgehead atoms. The van der Waals surface area contributed by atoms with E-state index in [-0.39, 0.29) is 5.91 Å². The third kappa shape index (κ3) is 2.85. The van der Waals surface area contributed by atoms with Gasteiger partial charge in [-0.05, 0) is 36.2 Å². The van der Waals surface area contributed by atoms with Crippen LogP contribution in [0.25, 0.3) is 10.2 Å². The topological polar surface area (TPSA) is 80.9 Å². The molecule has 0 aliphatic heterocycles. The minimum atomic E-state index is -0.149. The van der Waals surface area contributed by atoms with E-state index >= 15 is 0 Å². The summed E-state index contributed by atoms with van der Waals surface area (Å²) in [6.07, 6.45) is 5.94. The summed E-state index contributed by atoms with van der Waals surface area (Å²) in [4.78, 5) is 21.7. The van der Waals surface area contributed by atoms with E-state index in [0.717, 1.165) is 22.2 Å². The number of nitrogens with one attached hydrogen (secondary N) is 1. The van der Waals surface area contributed by atoms with Crippen molar-refractivity contribution in [1.29, 1.82) is 0 Å². The highest BCUT2D eigenvalue weighted by molar-refractivity contribution is 7.21. The van der Waals surface area contributed by atoms with Gasteiger partial charge in [-0.1, -0.05) is 0 Å². The predicted molar refractivity (Wildman–Crippen MR) is 84.3 cm³/mol. The second-order valence-electron chi connectivity index (χ2n) is 4.56. The molecule has 0 spiro atoms. The van der Waals surface area contributed by atoms with Gasteiger partial charge in [-0.15, -0.1) is 11.3 Å². The summed E-state index contributed by atoms with van der Waals surface area (Å²) in [5.74, 6) is -0.149. The van der Waals surface area contributed by atoms with Gasteiger partial charge in [0.1, 0.15) is 9.71 Å². The van der Waals surface area contributed by atoms with Crippen molar-refractivity contribution in [3.63, 3.8) is 0 Å². The number of nitrogens with zero attached hydrogens (tertiary/aromatic N) is 2. The van der Waals surface area contributed by atoms with Crippen LogP contribution in [0.5, 0.6) is 0 Å². The van der Waals surface area contributed by atoms with Crippen molar-refractivity contribution in [2.24, 2.45) is 0 Å². The maximum absolute atomic E-state index is 12.2. The summed E-state index contributed by atoms with van der Waals surface area (Å²) in [7, 11) is 0. The molecule has 0 fully saturated rings. The van der Waals surface area contributed by atoms with E-state index in [1.807, 2.05) is 24.3 Å². The zero-order valence-electron chi connectivity index (χ0n) is 11.2. The highest BCUT2D eigenvalue weighted by atomic mass is 32.1. The molecule has 3 heterocycles. The van der Waals surface area contributed by atoms with Crippen LogP contribution >= 0.6 is 11.3 Å². The van der Waals surface area contributed by atoms with Gasteiger partial charge in [0.25, 0.3) is 5.91 Å². The first-order valence-corrected chi connectivity index (χ1v) is 7.37. The molecule has 3 N–H and O–H groups in total. The lowest BCUT2D eigenvalue weighted by Crippen LogP contribution is -2.25. The molecule has 0 saturated heterocycles. The van der Waals surface area contributed by atoms with Crippen molar-refractivity contribution >= 4 is 33.1 Å². The van der Waals surface area contributed by atoms with Crippen LogP contribution in [-0.2, 0) is 6.42 Å². The van der Waals surface area contributed by atoms with E-state index in [4.69, 9.17) is 5.73 Å². The zero-order valence-corrected chi connectivity index (χ0v) is 12.1. The van der Waals surface area contributed by atoms with E-state index in [1.54, 1.807) is 18.6 Å². The van der Waals surface area contributed by atoms with Crippen LogP contribution in [0.1, 0.15) is 15.2 Å². The molecule has 0 saturated carbocycles. The Hall–Kier alpha value is -2.47. The van der Waals surface area contributed by atoms with Crippen molar-refractivity contribution in [2.45, 2.75) is 6.42 Å². The standard InChI is InChI=1S/C15H14N4OS/c16-12-11-2-1-6-19-15(11)21-13(12)14(20)18-9-5-10-3-7-17-8-4-10/h1-4,6-8H,5,9,16H2,(H,18,20). The highest BCUT2D eigenvalue weighted by Crippen LogP contribution is 2.31. The lowest BCUT2D eigenvalue weighted by Gasteiger charge is -2.04. The second-order valence-corrected chi connectivity index (χ2v) is 5.56. The lowest BCUT2D eigenvalue weighted by molar-refractivity contribution is 0.0959. The van der Waals surface area contributed by atoms with Crippen LogP contribution in [0.2, 0.25) is 0 Å². The van der Waals surface area contributed by atoms with Crippen molar-refractivity contribution in [3.8, 4) is 0 Å². The number of anilines is 1. The molecule has 5 nitrogen and oxygen atoms in total. The molecule has 106 valence electrons. The van der Waals surface area contributed by atoms with Crippen LogP contribution in [-0.4, -0.2) is 22.4 Å². The molecule has 0 aliphatic carbocycles. The van der Waals surface area contributed by atoms with Gasteiger partial charge in [-0.2, -0.15) is 0 Å². The maximum atomic E-state index is 12.2. The first-order valence-electron chi connectivity index (χ1n) is 6.56. The molecular formula is C15H14N4OS. The van der Waals surface area contributed by atoms with Gasteiger partial charge in [0, 0.05) is 30.5 Å². The number of carbonyl (C=O) groups excluding carboxylic acids is 1. The average molecular weight is 298 g/mol. The Morgan fingerprint density at radius 3 is 2.81 bits per heavy atom. The molecule has 3 aromatic rings. The number of hydrogen-bond acceptors (Lipinski definition) is 5. The number of nitrogens with two attached hydrogens (primary N) is 1. The normalized spacial score (nSPS) is 10.7. The number of nitrogen functional groups attached to an aromatic ring is 1. The number of rotatable bonds is 4. The maximum Gasteiger partial charge on any atom is 0.263 e. The van der Waals surface area contributed by atoms with Crippen molar-refractivity contribution in [2.75, 3.05) is 12.3 Å². The van der Waals surface area contributed by atoms with Crippen LogP contribution in [0.4, 0.5) is 5.69 Å². The quantitative estimate of drug-likeness (QED) is 0.774. The second kappa shape index (κ2) is 5.88. The number of aromatic nitrogens is 2. The third-order valence-corrected chi connectivity index (χ3v) is 4.29. The Balaban J connectivity index is 1.68. The van der Waals surface area contributed by atoms with Gasteiger partial charge in [0.2, 0.25) is 0 Å². The smallest absolute Gasteiger partial charge is 0.263 e. The third-order valence-electron chi connectivity index (χ3n) is 3.16. The minimum absolute atomic E-state index is 0.149. The Morgan fingerprint density at radius 1 is 1.24 bits per heavy atom. The summed E-state index contributed by atoms with van der Waals surface area (Å²) >= 11 is 1.32. The van der Waals surface area contributed by atoms with Gasteiger partial charge in [-0.3, -0.25) is 9.78 Å². The fourth-order valence-corrected chi connectivity index (χ4v) is 3.05. The number of fused-ring (bicyclic) bond motifs is 1. The predicted octanol–water partition coefficient (Wildman–Crippen LogP) is 2.25. The summed E-state index contributed by atoms with van der Waals surface area (Å²) < 4.78 is 0. The average Bonchev–Trinajstić information content (AvgIpc) is 2.86. The molecule has 3 aromatic heterocycles. The van der Waals surface area contributed by atoms with E-state index in [2.05, 4.69) is 15.3 Å². The van der Waals surface area contributed by atoms with Gasteiger partial charge in [0.15, 0.2) is 0 Å². The molecule has 0 aliphatic rings. The summed E-state index contributed by atoms with van der Waals surface area (Å²) in [5, 5.41) is 3.73. The number of amides is 1. The minimum Gasteiger partial charge on any atom is -0.397 e. The number of carbonyl (C=O) groups is 1. The van der Waals surface area contributed by atoms with Crippen LogP contribution in [0.3, 0.4) is 0 Å². The van der Waals surface area contributed by atoms with Crippen LogP contribution < -0.4 is 11.1 Å². The Morgan fingerprint density at radius 2 is 2.05 bits per heavy atom. The van der Waals surface area contributed by atoms with Gasteiger partial charge >= 0.3 is 0 Å². The summed E-state index contributed by atoms with van der Waals surface area (Å²) in [6.45, 7) is 0.559. The van der Waals surface area contributed by atoms with Crippen LogP contribution in [0.15, 0.2) is 42.9 Å². The van der Waals surface area contributed by atoms with E-state index < -0.39 is 0 Å².